The number of nitrogens with zero attached hydrogens (tertiary/aromatic N) is 2. The largest absolute Gasteiger partial charge is 0.362 e. The molecule has 4 heteroatoms. The van der Waals surface area contributed by atoms with Crippen LogP contribution in [0, 0.1) is 5.92 Å². The minimum atomic E-state index is -0.0473. The predicted molar refractivity (Wildman–Crippen MR) is 87.7 cm³/mol. The molecule has 1 aliphatic heterocycles. The summed E-state index contributed by atoms with van der Waals surface area (Å²) in [5.74, 6) is 0.398. The van der Waals surface area contributed by atoms with Crippen molar-refractivity contribution in [2.75, 3.05) is 18.0 Å². The van der Waals surface area contributed by atoms with Crippen LogP contribution in [0.2, 0.25) is 0 Å². The zero-order valence-corrected chi connectivity index (χ0v) is 13.0. The second kappa shape index (κ2) is 7.81. The number of aryl methyl sites for hydroxylation is 1. The smallest absolute Gasteiger partial charge is 0.259 e. The van der Waals surface area contributed by atoms with Gasteiger partial charge < -0.3 is 4.90 Å². The highest BCUT2D eigenvalue weighted by Gasteiger charge is 2.18. The van der Waals surface area contributed by atoms with Crippen LogP contribution in [0.15, 0.2) is 29.4 Å². The van der Waals surface area contributed by atoms with Gasteiger partial charge in [-0.1, -0.05) is 32.0 Å². The molecule has 1 aromatic carbocycles. The maximum Gasteiger partial charge on any atom is 0.259 e. The van der Waals surface area contributed by atoms with E-state index in [0.29, 0.717) is 12.5 Å². The standard InChI is InChI=1S/C17H25N3O/c1-3-14(4-2)12-18-19-17(21)13-20-11-7-9-15-8-5-6-10-16(15)20/h5-6,8,10,12,14H,3-4,7,9,11,13H2,1-2H3,(H,19,21)/b18-12-. The van der Waals surface area contributed by atoms with Crippen LogP contribution in [0.3, 0.4) is 0 Å². The summed E-state index contributed by atoms with van der Waals surface area (Å²) in [7, 11) is 0. The van der Waals surface area contributed by atoms with Crippen molar-refractivity contribution in [3.63, 3.8) is 0 Å². The highest BCUT2D eigenvalue weighted by atomic mass is 16.2. The summed E-state index contributed by atoms with van der Waals surface area (Å²) < 4.78 is 0. The van der Waals surface area contributed by atoms with Gasteiger partial charge in [-0.15, -0.1) is 0 Å². The van der Waals surface area contributed by atoms with Crippen LogP contribution < -0.4 is 10.3 Å². The fourth-order valence-electron chi connectivity index (χ4n) is 2.70. The van der Waals surface area contributed by atoms with E-state index < -0.39 is 0 Å². The Labute approximate surface area is 127 Å². The number of hydrogen-bond acceptors (Lipinski definition) is 3. The monoisotopic (exact) mass is 287 g/mol. The van der Waals surface area contributed by atoms with Crippen molar-refractivity contribution in [2.24, 2.45) is 11.0 Å². The Morgan fingerprint density at radius 3 is 2.90 bits per heavy atom. The zero-order valence-electron chi connectivity index (χ0n) is 13.0. The third-order valence-electron chi connectivity index (χ3n) is 4.06. The number of benzene rings is 1. The van der Waals surface area contributed by atoms with Gasteiger partial charge in [0, 0.05) is 18.4 Å². The molecular formula is C17H25N3O. The highest BCUT2D eigenvalue weighted by Crippen LogP contribution is 2.26. The van der Waals surface area contributed by atoms with E-state index in [1.807, 2.05) is 12.3 Å². The lowest BCUT2D eigenvalue weighted by Crippen LogP contribution is -2.38. The Morgan fingerprint density at radius 2 is 2.14 bits per heavy atom. The molecule has 0 spiro atoms. The fourth-order valence-corrected chi connectivity index (χ4v) is 2.70. The maximum atomic E-state index is 12.0. The van der Waals surface area contributed by atoms with Crippen molar-refractivity contribution in [3.05, 3.63) is 29.8 Å². The van der Waals surface area contributed by atoms with Crippen LogP contribution in [0.1, 0.15) is 38.7 Å². The van der Waals surface area contributed by atoms with Crippen LogP contribution in [0.4, 0.5) is 5.69 Å². The van der Waals surface area contributed by atoms with Gasteiger partial charge in [-0.05, 0) is 43.2 Å². The Kier molecular flexibility index (Phi) is 5.78. The first-order valence-electron chi connectivity index (χ1n) is 7.89. The van der Waals surface area contributed by atoms with Crippen molar-refractivity contribution in [2.45, 2.75) is 39.5 Å². The van der Waals surface area contributed by atoms with Gasteiger partial charge in [-0.25, -0.2) is 5.43 Å². The van der Waals surface area contributed by atoms with Crippen molar-refractivity contribution in [1.82, 2.24) is 5.43 Å². The first kappa shape index (κ1) is 15.5. The Bertz CT molecular complexity index is 495. The molecule has 2 rings (SSSR count). The van der Waals surface area contributed by atoms with Gasteiger partial charge in [0.05, 0.1) is 6.54 Å². The van der Waals surface area contributed by atoms with Crippen LogP contribution in [0.5, 0.6) is 0 Å². The first-order chi connectivity index (χ1) is 10.2. The van der Waals surface area contributed by atoms with Crippen LogP contribution >= 0.6 is 0 Å². The number of para-hydroxylation sites is 1. The third-order valence-corrected chi connectivity index (χ3v) is 4.06. The van der Waals surface area contributed by atoms with Gasteiger partial charge in [0.2, 0.25) is 0 Å². The molecule has 114 valence electrons. The van der Waals surface area contributed by atoms with Crippen LogP contribution in [-0.2, 0) is 11.2 Å². The molecule has 0 saturated carbocycles. The van der Waals surface area contributed by atoms with Crippen molar-refractivity contribution >= 4 is 17.8 Å². The van der Waals surface area contributed by atoms with Gasteiger partial charge in [0.25, 0.3) is 5.91 Å². The number of carbonyl (C=O) groups is 1. The number of carbonyl (C=O) groups excluding carboxylic acids is 1. The molecule has 0 bridgehead atoms. The minimum Gasteiger partial charge on any atom is -0.362 e. The van der Waals surface area contributed by atoms with E-state index in [2.05, 4.69) is 47.5 Å². The molecule has 0 unspecified atom stereocenters. The molecule has 0 atom stereocenters. The average Bonchev–Trinajstić information content (AvgIpc) is 2.52. The Balaban J connectivity index is 1.89. The summed E-state index contributed by atoms with van der Waals surface area (Å²) >= 11 is 0. The number of amides is 1. The van der Waals surface area contributed by atoms with Crippen molar-refractivity contribution < 1.29 is 4.79 Å². The predicted octanol–water partition coefficient (Wildman–Crippen LogP) is 2.98. The maximum absolute atomic E-state index is 12.0. The van der Waals surface area contributed by atoms with Crippen molar-refractivity contribution in [1.29, 1.82) is 0 Å². The van der Waals surface area contributed by atoms with E-state index in [-0.39, 0.29) is 5.91 Å². The molecule has 0 aliphatic carbocycles. The highest BCUT2D eigenvalue weighted by molar-refractivity contribution is 5.82. The van der Waals surface area contributed by atoms with Gasteiger partial charge in [0.1, 0.15) is 0 Å². The zero-order chi connectivity index (χ0) is 15.1. The normalized spacial score (nSPS) is 14.5. The summed E-state index contributed by atoms with van der Waals surface area (Å²) in [5.41, 5.74) is 5.16. The number of hydrazone groups is 1. The van der Waals surface area contributed by atoms with E-state index in [4.69, 9.17) is 0 Å². The average molecular weight is 287 g/mol. The summed E-state index contributed by atoms with van der Waals surface area (Å²) in [4.78, 5) is 14.2. The van der Waals surface area contributed by atoms with Gasteiger partial charge >= 0.3 is 0 Å². The quantitative estimate of drug-likeness (QED) is 0.646. The third kappa shape index (κ3) is 4.31. The Hall–Kier alpha value is -1.84. The molecule has 0 radical (unpaired) electrons. The van der Waals surface area contributed by atoms with Crippen LogP contribution in [-0.4, -0.2) is 25.2 Å². The lowest BCUT2D eigenvalue weighted by molar-refractivity contribution is -0.119. The van der Waals surface area contributed by atoms with Gasteiger partial charge in [-0.2, -0.15) is 5.10 Å². The summed E-state index contributed by atoms with van der Waals surface area (Å²) in [6.45, 7) is 5.57. The minimum absolute atomic E-state index is 0.0473. The molecule has 1 heterocycles. The number of fused-ring (bicyclic) bond motifs is 1. The topological polar surface area (TPSA) is 44.7 Å². The molecule has 4 nitrogen and oxygen atoms in total. The lowest BCUT2D eigenvalue weighted by atomic mass is 10.0. The summed E-state index contributed by atoms with van der Waals surface area (Å²) in [6.07, 6.45) is 6.15. The Morgan fingerprint density at radius 1 is 1.38 bits per heavy atom. The van der Waals surface area contributed by atoms with E-state index in [1.165, 1.54) is 11.3 Å². The molecule has 0 aromatic heterocycles. The second-order valence-corrected chi connectivity index (χ2v) is 5.54. The molecular weight excluding hydrogens is 262 g/mol. The first-order valence-corrected chi connectivity index (χ1v) is 7.89. The molecule has 21 heavy (non-hydrogen) atoms. The number of anilines is 1. The van der Waals surface area contributed by atoms with E-state index in [9.17, 15) is 4.79 Å². The molecule has 1 aliphatic rings. The molecule has 1 N–H and O–H groups in total. The van der Waals surface area contributed by atoms with Gasteiger partial charge in [-0.3, -0.25) is 4.79 Å². The van der Waals surface area contributed by atoms with E-state index >= 15 is 0 Å². The second-order valence-electron chi connectivity index (χ2n) is 5.54. The molecule has 0 fully saturated rings. The molecule has 1 amide bonds. The lowest BCUT2D eigenvalue weighted by Gasteiger charge is -2.30. The van der Waals surface area contributed by atoms with Crippen molar-refractivity contribution in [3.8, 4) is 0 Å². The fraction of sp³-hybridized carbons (Fsp3) is 0.529. The van der Waals surface area contributed by atoms with E-state index in [1.54, 1.807) is 0 Å². The number of hydrogen-bond donors (Lipinski definition) is 1. The number of nitrogens with one attached hydrogen (secondary N) is 1. The molecule has 0 saturated heterocycles. The summed E-state index contributed by atoms with van der Waals surface area (Å²) in [6, 6.07) is 8.32. The SMILES string of the molecule is CCC(/C=N\NC(=O)CN1CCCc2ccccc21)CC. The van der Waals surface area contributed by atoms with Crippen LogP contribution in [0.25, 0.3) is 0 Å². The molecule has 1 aromatic rings. The number of rotatable bonds is 6. The summed E-state index contributed by atoms with van der Waals surface area (Å²) in [5, 5.41) is 4.08. The van der Waals surface area contributed by atoms with E-state index in [0.717, 1.165) is 32.2 Å². The van der Waals surface area contributed by atoms with Gasteiger partial charge in [0.15, 0.2) is 0 Å².